The molecule has 0 bridgehead atoms. The van der Waals surface area contributed by atoms with Crippen LogP contribution < -0.4 is 9.47 Å². The Kier molecular flexibility index (Phi) is 8.35. The van der Waals surface area contributed by atoms with Gasteiger partial charge in [-0.3, -0.25) is 0 Å². The number of H-pyrrole nitrogens is 1. The van der Waals surface area contributed by atoms with E-state index < -0.39 is 0 Å². The molecule has 3 atom stereocenters. The van der Waals surface area contributed by atoms with Crippen molar-refractivity contribution in [3.05, 3.63) is 76.0 Å². The maximum Gasteiger partial charge on any atom is 0.165 e. The minimum Gasteiger partial charge on any atom is -0.507 e. The van der Waals surface area contributed by atoms with Gasteiger partial charge in [0.05, 0.1) is 13.2 Å². The highest BCUT2D eigenvalue weighted by atomic mass is 16.5. The number of aliphatic hydroxyl groups is 1. The third-order valence-corrected chi connectivity index (χ3v) is 9.63. The number of ether oxygens (including phenoxy) is 2. The van der Waals surface area contributed by atoms with Gasteiger partial charge in [-0.1, -0.05) is 49.3 Å². The van der Waals surface area contributed by atoms with Crippen molar-refractivity contribution in [2.75, 3.05) is 7.11 Å². The number of phenolic OH excluding ortho intramolecular Hbond substituents is 1. The number of benzene rings is 2. The van der Waals surface area contributed by atoms with Crippen molar-refractivity contribution in [2.45, 2.75) is 91.8 Å². The molecule has 1 saturated carbocycles. The van der Waals surface area contributed by atoms with Crippen LogP contribution in [-0.4, -0.2) is 34.0 Å². The zero-order valence-corrected chi connectivity index (χ0v) is 26.3. The maximum absolute atomic E-state index is 11.0. The lowest BCUT2D eigenvalue weighted by atomic mass is 9.57. The fourth-order valence-electron chi connectivity index (χ4n) is 7.00. The van der Waals surface area contributed by atoms with E-state index in [9.17, 15) is 10.2 Å². The largest absolute Gasteiger partial charge is 0.507 e. The number of aromatic nitrogens is 1. The first-order valence-corrected chi connectivity index (χ1v) is 15.3. The molecule has 0 spiro atoms. The zero-order chi connectivity index (χ0) is 30.2. The molecule has 1 fully saturated rings. The molecule has 224 valence electrons. The third kappa shape index (κ3) is 5.89. The monoisotopic (exact) mass is 569 g/mol. The lowest BCUT2D eigenvalue weighted by Crippen LogP contribution is -2.58. The molecule has 1 aliphatic carbocycles. The van der Waals surface area contributed by atoms with E-state index in [-0.39, 0.29) is 28.8 Å². The van der Waals surface area contributed by atoms with Gasteiger partial charge in [-0.05, 0) is 118 Å². The molecular weight excluding hydrogens is 522 g/mol. The number of rotatable bonds is 8. The summed E-state index contributed by atoms with van der Waals surface area (Å²) in [5.74, 6) is 2.03. The molecule has 2 heterocycles. The van der Waals surface area contributed by atoms with Crippen LogP contribution in [0.25, 0.3) is 23.1 Å². The number of aromatic amines is 1. The van der Waals surface area contributed by atoms with Gasteiger partial charge in [-0.25, -0.2) is 0 Å². The lowest BCUT2D eigenvalue weighted by molar-refractivity contribution is -0.138. The number of aromatic hydroxyl groups is 1. The summed E-state index contributed by atoms with van der Waals surface area (Å²) >= 11 is 0. The van der Waals surface area contributed by atoms with Crippen LogP contribution in [0.3, 0.4) is 0 Å². The smallest absolute Gasteiger partial charge is 0.165 e. The van der Waals surface area contributed by atoms with E-state index in [2.05, 4.69) is 76.9 Å². The molecule has 0 saturated heterocycles. The Morgan fingerprint density at radius 1 is 1.07 bits per heavy atom. The van der Waals surface area contributed by atoms with Crippen molar-refractivity contribution in [1.82, 2.24) is 4.98 Å². The third-order valence-electron chi connectivity index (χ3n) is 9.63. The van der Waals surface area contributed by atoms with E-state index in [0.29, 0.717) is 0 Å². The van der Waals surface area contributed by atoms with E-state index >= 15 is 0 Å². The first-order valence-electron chi connectivity index (χ1n) is 15.3. The summed E-state index contributed by atoms with van der Waals surface area (Å²) < 4.78 is 12.5. The molecule has 5 rings (SSSR count). The lowest BCUT2D eigenvalue weighted by Gasteiger charge is -2.55. The molecule has 1 aromatic heterocycles. The van der Waals surface area contributed by atoms with Gasteiger partial charge in [0.25, 0.3) is 0 Å². The van der Waals surface area contributed by atoms with Gasteiger partial charge in [0.2, 0.25) is 0 Å². The van der Waals surface area contributed by atoms with E-state index in [1.54, 1.807) is 7.11 Å². The highest BCUT2D eigenvalue weighted by Crippen LogP contribution is 2.55. The van der Waals surface area contributed by atoms with Gasteiger partial charge in [-0.2, -0.15) is 0 Å². The second-order valence-corrected chi connectivity index (χ2v) is 13.4. The van der Waals surface area contributed by atoms with Gasteiger partial charge < -0.3 is 24.7 Å². The van der Waals surface area contributed by atoms with Crippen LogP contribution >= 0.6 is 0 Å². The Bertz CT molecular complexity index is 1550. The molecule has 2 aromatic carbocycles. The standard InChI is InChI=1S/C37H47NO4/c1-23(2)9-8-10-24(3)11-14-27-22-38-29-18-26(19-30(39)34(27)29)13-12-25-17-28-21-32-36(4,5)33(40)15-16-37(32,6)42-35(28)31(20-25)41-7/h9,11-13,17-20,22,32-33,38-40H,8,10,14-16,21H2,1-7H3/t32-,33-,37-/m1/s1. The summed E-state index contributed by atoms with van der Waals surface area (Å²) in [4.78, 5) is 3.36. The highest BCUT2D eigenvalue weighted by molar-refractivity contribution is 5.92. The van der Waals surface area contributed by atoms with Crippen LogP contribution in [0.1, 0.15) is 89.5 Å². The van der Waals surface area contributed by atoms with Crippen LogP contribution in [0.2, 0.25) is 0 Å². The topological polar surface area (TPSA) is 74.7 Å². The van der Waals surface area contributed by atoms with Crippen molar-refractivity contribution in [3.63, 3.8) is 0 Å². The van der Waals surface area contributed by atoms with E-state index in [1.165, 1.54) is 11.1 Å². The molecular formula is C37H47NO4. The van der Waals surface area contributed by atoms with Crippen LogP contribution in [-0.2, 0) is 12.8 Å². The molecule has 5 nitrogen and oxygen atoms in total. The Morgan fingerprint density at radius 3 is 2.52 bits per heavy atom. The summed E-state index contributed by atoms with van der Waals surface area (Å²) in [5.41, 5.74) is 7.19. The average Bonchev–Trinajstić information content (AvgIpc) is 3.35. The first-order chi connectivity index (χ1) is 19.9. The van der Waals surface area contributed by atoms with Crippen molar-refractivity contribution in [3.8, 4) is 17.2 Å². The molecule has 42 heavy (non-hydrogen) atoms. The molecule has 5 heteroatoms. The van der Waals surface area contributed by atoms with Gasteiger partial charge in [-0.15, -0.1) is 0 Å². The molecule has 1 aliphatic heterocycles. The van der Waals surface area contributed by atoms with Crippen molar-refractivity contribution >= 4 is 23.1 Å². The van der Waals surface area contributed by atoms with Gasteiger partial charge in [0.15, 0.2) is 11.5 Å². The maximum atomic E-state index is 11.0. The summed E-state index contributed by atoms with van der Waals surface area (Å²) in [6.07, 6.45) is 15.6. The quantitative estimate of drug-likeness (QED) is 0.187. The second kappa shape index (κ2) is 11.7. The van der Waals surface area contributed by atoms with Crippen LogP contribution in [0, 0.1) is 11.3 Å². The molecule has 0 unspecified atom stereocenters. The summed E-state index contributed by atoms with van der Waals surface area (Å²) in [7, 11) is 1.68. The SMILES string of the molecule is COc1cc(C=Cc2cc(O)c3c(CC=C(C)CCC=C(C)C)c[nH]c3c2)cc2c1O[C@]1(C)CC[C@@H](O)C(C)(C)[C@H]1C2. The molecule has 0 amide bonds. The number of aliphatic hydroxyl groups excluding tert-OH is 1. The van der Waals surface area contributed by atoms with Crippen molar-refractivity contribution in [1.29, 1.82) is 0 Å². The average molecular weight is 570 g/mol. The Morgan fingerprint density at radius 2 is 1.81 bits per heavy atom. The van der Waals surface area contributed by atoms with Gasteiger partial charge in [0.1, 0.15) is 11.4 Å². The van der Waals surface area contributed by atoms with Gasteiger partial charge in [0, 0.05) is 23.0 Å². The summed E-state index contributed by atoms with van der Waals surface area (Å²) in [6, 6.07) is 8.09. The number of nitrogens with one attached hydrogen (secondary N) is 1. The number of methoxy groups -OCH3 is 1. The van der Waals surface area contributed by atoms with Crippen LogP contribution in [0.5, 0.6) is 17.2 Å². The highest BCUT2D eigenvalue weighted by Gasteiger charge is 2.54. The predicted molar refractivity (Wildman–Crippen MR) is 173 cm³/mol. The van der Waals surface area contributed by atoms with Crippen molar-refractivity contribution in [2.24, 2.45) is 11.3 Å². The number of allylic oxidation sites excluding steroid dienone is 4. The van der Waals surface area contributed by atoms with E-state index in [1.807, 2.05) is 24.4 Å². The van der Waals surface area contributed by atoms with Crippen LogP contribution in [0.4, 0.5) is 0 Å². The Labute approximate surface area is 251 Å². The van der Waals surface area contributed by atoms with Gasteiger partial charge >= 0.3 is 0 Å². The fourth-order valence-corrected chi connectivity index (χ4v) is 7.00. The molecule has 2 aliphatic rings. The fraction of sp³-hybridized carbons (Fsp3) is 0.459. The van der Waals surface area contributed by atoms with Crippen molar-refractivity contribution < 1.29 is 19.7 Å². The van der Waals surface area contributed by atoms with Crippen LogP contribution in [0.15, 0.2) is 53.8 Å². The number of hydrogen-bond acceptors (Lipinski definition) is 4. The minimum atomic E-state index is -0.339. The Balaban J connectivity index is 1.37. The number of fused-ring (bicyclic) bond motifs is 3. The van der Waals surface area contributed by atoms with E-state index in [4.69, 9.17) is 9.47 Å². The number of hydrogen-bond donors (Lipinski definition) is 3. The number of phenols is 1. The molecule has 3 N–H and O–H groups in total. The summed E-state index contributed by atoms with van der Waals surface area (Å²) in [5, 5.41) is 22.7. The second-order valence-electron chi connectivity index (χ2n) is 13.4. The summed E-state index contributed by atoms with van der Waals surface area (Å²) in [6.45, 7) is 12.9. The normalized spacial score (nSPS) is 23.4. The molecule has 3 aromatic rings. The predicted octanol–water partition coefficient (Wildman–Crippen LogP) is 8.78. The molecule has 0 radical (unpaired) electrons. The Hall–Kier alpha value is -3.44. The van der Waals surface area contributed by atoms with E-state index in [0.717, 1.165) is 83.2 Å². The minimum absolute atomic E-state index is 0.197. The first kappa shape index (κ1) is 30.0. The zero-order valence-electron chi connectivity index (χ0n) is 26.3.